The van der Waals surface area contributed by atoms with Crippen molar-refractivity contribution in [3.63, 3.8) is 0 Å². The van der Waals surface area contributed by atoms with E-state index in [4.69, 9.17) is 4.98 Å². The van der Waals surface area contributed by atoms with E-state index < -0.39 is 0 Å². The third kappa shape index (κ3) is 3.86. The SMILES string of the molecule is CN1CCN(c2ccc(N=c3ncc4ccc5n(c-4n3)C3(CCCCC3)CCN5)nc2)CC1. The Morgan fingerprint density at radius 1 is 0.909 bits per heavy atom. The van der Waals surface area contributed by atoms with Crippen LogP contribution in [0.15, 0.2) is 41.7 Å². The summed E-state index contributed by atoms with van der Waals surface area (Å²) in [7, 11) is 2.17. The van der Waals surface area contributed by atoms with Gasteiger partial charge in [-0.05, 0) is 50.6 Å². The highest BCUT2D eigenvalue weighted by atomic mass is 15.3. The lowest BCUT2D eigenvalue weighted by Gasteiger charge is -2.45. The monoisotopic (exact) mass is 444 g/mol. The maximum atomic E-state index is 4.94. The summed E-state index contributed by atoms with van der Waals surface area (Å²) in [6.07, 6.45) is 11.3. The fourth-order valence-electron chi connectivity index (χ4n) is 5.72. The van der Waals surface area contributed by atoms with Crippen molar-refractivity contribution in [1.29, 1.82) is 0 Å². The van der Waals surface area contributed by atoms with Gasteiger partial charge < -0.3 is 19.7 Å². The summed E-state index contributed by atoms with van der Waals surface area (Å²) in [5.74, 6) is 2.78. The van der Waals surface area contributed by atoms with Gasteiger partial charge in [0.15, 0.2) is 5.82 Å². The Bertz CT molecular complexity index is 1150. The molecule has 8 nitrogen and oxygen atoms in total. The zero-order chi connectivity index (χ0) is 22.3. The topological polar surface area (TPSA) is 74.5 Å². The van der Waals surface area contributed by atoms with E-state index in [0.29, 0.717) is 11.4 Å². The largest absolute Gasteiger partial charge is 0.371 e. The van der Waals surface area contributed by atoms with Gasteiger partial charge in [0.1, 0.15) is 11.6 Å². The molecule has 5 aliphatic rings. The molecule has 5 heterocycles. The minimum absolute atomic E-state index is 0.159. The Morgan fingerprint density at radius 2 is 1.76 bits per heavy atom. The van der Waals surface area contributed by atoms with Gasteiger partial charge in [0.05, 0.1) is 11.9 Å². The number of aromatic nitrogens is 4. The van der Waals surface area contributed by atoms with E-state index in [0.717, 1.165) is 62.0 Å². The number of hydrogen-bond donors (Lipinski definition) is 1. The van der Waals surface area contributed by atoms with Crippen molar-refractivity contribution >= 4 is 17.3 Å². The fraction of sp³-hybridized carbons (Fsp3) is 0.520. The summed E-state index contributed by atoms with van der Waals surface area (Å²) in [6.45, 7) is 5.24. The van der Waals surface area contributed by atoms with E-state index in [-0.39, 0.29) is 5.54 Å². The Balaban J connectivity index is 1.35. The van der Waals surface area contributed by atoms with Crippen LogP contribution in [0.25, 0.3) is 11.4 Å². The van der Waals surface area contributed by atoms with Gasteiger partial charge in [0.25, 0.3) is 5.62 Å². The molecule has 8 heteroatoms. The quantitative estimate of drug-likeness (QED) is 0.654. The zero-order valence-electron chi connectivity index (χ0n) is 19.4. The summed E-state index contributed by atoms with van der Waals surface area (Å²) in [4.78, 5) is 23.5. The molecule has 0 aromatic carbocycles. The summed E-state index contributed by atoms with van der Waals surface area (Å²) < 4.78 is 2.45. The second-order valence-corrected chi connectivity index (χ2v) is 9.74. The molecule has 0 unspecified atom stereocenters. The average molecular weight is 445 g/mol. The highest BCUT2D eigenvalue weighted by molar-refractivity contribution is 5.61. The molecule has 6 rings (SSSR count). The maximum absolute atomic E-state index is 4.94. The van der Waals surface area contributed by atoms with Crippen molar-refractivity contribution in [2.45, 2.75) is 44.1 Å². The number of nitrogens with zero attached hydrogens (tertiary/aromatic N) is 7. The first-order valence-electron chi connectivity index (χ1n) is 12.3. The lowest BCUT2D eigenvalue weighted by Crippen LogP contribution is -2.44. The van der Waals surface area contributed by atoms with Crippen molar-refractivity contribution in [1.82, 2.24) is 24.4 Å². The average Bonchev–Trinajstić information content (AvgIpc) is 2.85. The summed E-state index contributed by atoms with van der Waals surface area (Å²) in [6, 6.07) is 8.37. The van der Waals surface area contributed by atoms with Gasteiger partial charge in [0, 0.05) is 50.0 Å². The third-order valence-electron chi connectivity index (χ3n) is 7.63. The van der Waals surface area contributed by atoms with Crippen LogP contribution >= 0.6 is 0 Å². The first-order valence-corrected chi connectivity index (χ1v) is 12.3. The molecule has 0 atom stereocenters. The van der Waals surface area contributed by atoms with Gasteiger partial charge in [-0.1, -0.05) is 19.3 Å². The smallest absolute Gasteiger partial charge is 0.253 e. The highest BCUT2D eigenvalue weighted by Crippen LogP contribution is 2.44. The zero-order valence-corrected chi connectivity index (χ0v) is 19.4. The molecule has 4 aliphatic heterocycles. The molecular formula is C25H32N8. The molecule has 1 saturated heterocycles. The Kier molecular flexibility index (Phi) is 5.25. The molecule has 0 bridgehead atoms. The molecule has 0 amide bonds. The maximum Gasteiger partial charge on any atom is 0.253 e. The highest BCUT2D eigenvalue weighted by Gasteiger charge is 2.39. The van der Waals surface area contributed by atoms with Gasteiger partial charge in [0.2, 0.25) is 0 Å². The number of likely N-dealkylation sites (N-methyl/N-ethyl adjacent to an activating group) is 1. The molecule has 1 aromatic rings. The second-order valence-electron chi connectivity index (χ2n) is 9.74. The van der Waals surface area contributed by atoms with Gasteiger partial charge in [-0.3, -0.25) is 0 Å². The standard InChI is InChI=1S/C25H32N8/c1-31-13-15-32(16-14-31)20-6-7-21(27-18-20)29-24-28-17-19-5-8-22-26-12-11-25(9-3-2-4-10-25)33(22)23(19)30-24/h5-8,17-18,26H,2-4,9-16H2,1H3. The van der Waals surface area contributed by atoms with Crippen LogP contribution in [0.2, 0.25) is 0 Å². The third-order valence-corrected chi connectivity index (χ3v) is 7.63. The minimum Gasteiger partial charge on any atom is -0.371 e. The Hall–Kier alpha value is -3.00. The van der Waals surface area contributed by atoms with E-state index in [2.05, 4.69) is 59.9 Å². The first kappa shape index (κ1) is 20.6. The number of hydrogen-bond acceptors (Lipinski definition) is 7. The Labute approximate surface area is 194 Å². The molecular weight excluding hydrogens is 412 g/mol. The summed E-state index contributed by atoms with van der Waals surface area (Å²) in [5.41, 5.74) is 2.84. The van der Waals surface area contributed by atoms with E-state index in [9.17, 15) is 0 Å². The van der Waals surface area contributed by atoms with Crippen LogP contribution in [-0.4, -0.2) is 64.2 Å². The van der Waals surface area contributed by atoms with Crippen LogP contribution < -0.4 is 15.8 Å². The first-order chi connectivity index (χ1) is 16.2. The van der Waals surface area contributed by atoms with Crippen molar-refractivity contribution in [2.24, 2.45) is 4.99 Å². The van der Waals surface area contributed by atoms with Crippen LogP contribution in [0.5, 0.6) is 0 Å². The molecule has 172 valence electrons. The molecule has 1 aliphatic carbocycles. The molecule has 1 spiro atoms. The van der Waals surface area contributed by atoms with E-state index in [1.54, 1.807) is 0 Å². The number of fused-ring (bicyclic) bond motifs is 4. The lowest BCUT2D eigenvalue weighted by atomic mass is 9.77. The number of piperazine rings is 1. The van der Waals surface area contributed by atoms with Gasteiger partial charge in [-0.25, -0.2) is 9.97 Å². The normalized spacial score (nSPS) is 21.2. The van der Waals surface area contributed by atoms with Crippen molar-refractivity contribution in [2.75, 3.05) is 50.0 Å². The van der Waals surface area contributed by atoms with Gasteiger partial charge in [-0.15, -0.1) is 0 Å². The number of pyridine rings is 2. The van der Waals surface area contributed by atoms with E-state index in [1.807, 2.05) is 18.5 Å². The minimum atomic E-state index is 0.159. The molecule has 0 radical (unpaired) electrons. The fourth-order valence-corrected chi connectivity index (χ4v) is 5.72. The van der Waals surface area contributed by atoms with Crippen LogP contribution in [-0.2, 0) is 5.54 Å². The van der Waals surface area contributed by atoms with Crippen LogP contribution in [0.1, 0.15) is 38.5 Å². The molecule has 33 heavy (non-hydrogen) atoms. The lowest BCUT2D eigenvalue weighted by molar-refractivity contribution is 0.176. The van der Waals surface area contributed by atoms with Crippen molar-refractivity contribution in [3.05, 3.63) is 42.3 Å². The number of anilines is 2. The van der Waals surface area contributed by atoms with Crippen LogP contribution in [0.4, 0.5) is 17.3 Å². The molecule has 2 fully saturated rings. The van der Waals surface area contributed by atoms with Crippen molar-refractivity contribution < 1.29 is 0 Å². The van der Waals surface area contributed by atoms with Crippen LogP contribution in [0.3, 0.4) is 0 Å². The molecule has 1 saturated carbocycles. The Morgan fingerprint density at radius 3 is 2.55 bits per heavy atom. The number of rotatable bonds is 2. The van der Waals surface area contributed by atoms with Gasteiger partial charge >= 0.3 is 0 Å². The second kappa shape index (κ2) is 8.41. The summed E-state index contributed by atoms with van der Waals surface area (Å²) in [5, 5.41) is 3.59. The van der Waals surface area contributed by atoms with E-state index in [1.165, 1.54) is 32.1 Å². The predicted molar refractivity (Wildman–Crippen MR) is 130 cm³/mol. The predicted octanol–water partition coefficient (Wildman–Crippen LogP) is 3.24. The van der Waals surface area contributed by atoms with Gasteiger partial charge in [-0.2, -0.15) is 9.98 Å². The van der Waals surface area contributed by atoms with Crippen LogP contribution in [0, 0.1) is 0 Å². The molecule has 1 aromatic heterocycles. The summed E-state index contributed by atoms with van der Waals surface area (Å²) >= 11 is 0. The van der Waals surface area contributed by atoms with E-state index >= 15 is 0 Å². The van der Waals surface area contributed by atoms with Crippen molar-refractivity contribution in [3.8, 4) is 11.4 Å². The number of nitrogens with one attached hydrogen (secondary N) is 1. The molecule has 1 N–H and O–H groups in total.